The summed E-state index contributed by atoms with van der Waals surface area (Å²) in [6.07, 6.45) is 0. The minimum absolute atomic E-state index is 0.235. The molecule has 3 rings (SSSR count). The average molecular weight is 433 g/mol. The molecule has 0 spiro atoms. The molecule has 0 saturated carbocycles. The Balaban J connectivity index is 1.79. The smallest absolute Gasteiger partial charge is 0.340 e. The number of rotatable bonds is 6. The number of halogens is 2. The first-order valence-electron chi connectivity index (χ1n) is 8.85. The molecule has 0 aliphatic rings. The number of carbonyl (C=O) groups excluding carboxylic acids is 2. The Bertz CT molecular complexity index is 1090. The van der Waals surface area contributed by atoms with Gasteiger partial charge in [-0.15, -0.1) is 0 Å². The number of aromatic nitrogens is 1. The van der Waals surface area contributed by atoms with Crippen LogP contribution in [0.4, 0.5) is 5.69 Å². The number of amides is 1. The highest BCUT2D eigenvalue weighted by Gasteiger charge is 2.17. The fraction of sp³-hybridized carbons (Fsp3) is 0.190. The fourth-order valence-corrected chi connectivity index (χ4v) is 3.30. The highest BCUT2D eigenvalue weighted by Crippen LogP contribution is 2.37. The van der Waals surface area contributed by atoms with Gasteiger partial charge in [-0.2, -0.15) is 0 Å². The third-order valence-corrected chi connectivity index (χ3v) is 4.61. The fourth-order valence-electron chi connectivity index (χ4n) is 2.73. The van der Waals surface area contributed by atoms with E-state index >= 15 is 0 Å². The summed E-state index contributed by atoms with van der Waals surface area (Å²) in [7, 11) is 0. The minimum atomic E-state index is -0.518. The molecule has 0 fully saturated rings. The minimum Gasteiger partial charge on any atom is -0.480 e. The number of esters is 1. The van der Waals surface area contributed by atoms with E-state index in [1.54, 1.807) is 37.3 Å². The molecule has 1 amide bonds. The van der Waals surface area contributed by atoms with Gasteiger partial charge in [0.05, 0.1) is 27.9 Å². The van der Waals surface area contributed by atoms with Gasteiger partial charge >= 0.3 is 5.97 Å². The van der Waals surface area contributed by atoms with Gasteiger partial charge in [0.25, 0.3) is 5.91 Å². The molecule has 0 aliphatic carbocycles. The number of nitrogens with zero attached hydrogens (tertiary/aromatic N) is 1. The van der Waals surface area contributed by atoms with Crippen LogP contribution < -0.4 is 10.1 Å². The van der Waals surface area contributed by atoms with Gasteiger partial charge < -0.3 is 14.8 Å². The molecule has 1 heterocycles. The van der Waals surface area contributed by atoms with Crippen molar-refractivity contribution in [3.05, 3.63) is 63.8 Å². The topological polar surface area (TPSA) is 77.5 Å². The molecule has 0 radical (unpaired) electrons. The number of nitrogens with one attached hydrogen (secondary N) is 1. The zero-order chi connectivity index (χ0) is 21.0. The van der Waals surface area contributed by atoms with Crippen LogP contribution >= 0.6 is 23.2 Å². The van der Waals surface area contributed by atoms with E-state index in [1.165, 1.54) is 0 Å². The van der Waals surface area contributed by atoms with Gasteiger partial charge in [-0.05, 0) is 44.2 Å². The molecule has 0 bridgehead atoms. The van der Waals surface area contributed by atoms with Crippen molar-refractivity contribution in [3.8, 4) is 5.75 Å². The molecule has 1 N–H and O–H groups in total. The molecular weight excluding hydrogens is 415 g/mol. The van der Waals surface area contributed by atoms with E-state index in [0.717, 1.165) is 5.69 Å². The van der Waals surface area contributed by atoms with Crippen LogP contribution in [-0.4, -0.2) is 30.1 Å². The van der Waals surface area contributed by atoms with Crippen LogP contribution in [0.5, 0.6) is 5.75 Å². The Kier molecular flexibility index (Phi) is 6.56. The number of hydrogen-bond donors (Lipinski definition) is 1. The first-order chi connectivity index (χ1) is 13.9. The van der Waals surface area contributed by atoms with Crippen LogP contribution in [-0.2, 0) is 9.53 Å². The zero-order valence-electron chi connectivity index (χ0n) is 15.8. The molecule has 2 aromatic carbocycles. The molecule has 0 saturated heterocycles. The van der Waals surface area contributed by atoms with Gasteiger partial charge in [0.15, 0.2) is 12.4 Å². The summed E-state index contributed by atoms with van der Waals surface area (Å²) in [5, 5.41) is 4.02. The van der Waals surface area contributed by atoms with Crippen LogP contribution in [0.15, 0.2) is 42.5 Å². The summed E-state index contributed by atoms with van der Waals surface area (Å²) in [5.41, 5.74) is 1.83. The third kappa shape index (κ3) is 4.78. The van der Waals surface area contributed by atoms with Crippen LogP contribution in [0.1, 0.15) is 23.0 Å². The normalized spacial score (nSPS) is 10.6. The van der Waals surface area contributed by atoms with Crippen molar-refractivity contribution in [2.24, 2.45) is 0 Å². The van der Waals surface area contributed by atoms with Gasteiger partial charge in [-0.25, -0.2) is 9.78 Å². The van der Waals surface area contributed by atoms with E-state index in [2.05, 4.69) is 10.3 Å². The van der Waals surface area contributed by atoms with E-state index in [1.807, 2.05) is 19.1 Å². The number of hydrogen-bond acceptors (Lipinski definition) is 5. The van der Waals surface area contributed by atoms with E-state index in [0.29, 0.717) is 21.6 Å². The molecule has 1 aromatic heterocycles. The van der Waals surface area contributed by atoms with E-state index in [-0.39, 0.29) is 29.5 Å². The van der Waals surface area contributed by atoms with E-state index in [4.69, 9.17) is 32.7 Å². The second-order valence-corrected chi connectivity index (χ2v) is 6.94. The van der Waals surface area contributed by atoms with Gasteiger partial charge in [-0.1, -0.05) is 35.3 Å². The van der Waals surface area contributed by atoms with E-state index in [9.17, 15) is 9.59 Å². The summed E-state index contributed by atoms with van der Waals surface area (Å²) in [6.45, 7) is 3.45. The van der Waals surface area contributed by atoms with Crippen LogP contribution in [0.3, 0.4) is 0 Å². The lowest BCUT2D eigenvalue weighted by molar-refractivity contribution is -0.118. The lowest BCUT2D eigenvalue weighted by Gasteiger charge is -2.13. The van der Waals surface area contributed by atoms with Crippen LogP contribution in [0, 0.1) is 6.92 Å². The Morgan fingerprint density at radius 2 is 1.86 bits per heavy atom. The number of fused-ring (bicyclic) bond motifs is 1. The molecule has 150 valence electrons. The molecular formula is C21H18Cl2N2O4. The summed E-state index contributed by atoms with van der Waals surface area (Å²) < 4.78 is 10.7. The third-order valence-electron chi connectivity index (χ3n) is 4.02. The predicted molar refractivity (Wildman–Crippen MR) is 113 cm³/mol. The van der Waals surface area contributed by atoms with Gasteiger partial charge in [0.2, 0.25) is 0 Å². The number of pyridine rings is 1. The zero-order valence-corrected chi connectivity index (χ0v) is 17.3. The van der Waals surface area contributed by atoms with Crippen molar-refractivity contribution in [2.45, 2.75) is 13.8 Å². The first-order valence-corrected chi connectivity index (χ1v) is 9.60. The number of benzene rings is 2. The van der Waals surface area contributed by atoms with E-state index < -0.39 is 11.9 Å². The standard InChI is InChI=1S/C21H18Cl2N2O4/c1-3-28-21(27)14-6-4-5-7-17(14)25-18(26)11-29-20-16(23)10-15(22)13-9-8-12(2)24-19(13)20/h4-10H,3,11H2,1-2H3,(H,25,26). The Labute approximate surface area is 177 Å². The van der Waals surface area contributed by atoms with Crippen molar-refractivity contribution < 1.29 is 19.1 Å². The van der Waals surface area contributed by atoms with Crippen molar-refractivity contribution in [1.29, 1.82) is 0 Å². The molecule has 0 aliphatic heterocycles. The van der Waals surface area contributed by atoms with Crippen molar-refractivity contribution in [2.75, 3.05) is 18.5 Å². The van der Waals surface area contributed by atoms with Crippen molar-refractivity contribution >= 4 is 51.7 Å². The lowest BCUT2D eigenvalue weighted by Crippen LogP contribution is -2.22. The SMILES string of the molecule is CCOC(=O)c1ccccc1NC(=O)COc1c(Cl)cc(Cl)c2ccc(C)nc12. The molecule has 3 aromatic rings. The number of anilines is 1. The number of aryl methyl sites for hydroxylation is 1. The van der Waals surface area contributed by atoms with Crippen molar-refractivity contribution in [3.63, 3.8) is 0 Å². The van der Waals surface area contributed by atoms with Gasteiger partial charge in [0, 0.05) is 11.1 Å². The second-order valence-electron chi connectivity index (χ2n) is 6.12. The van der Waals surface area contributed by atoms with Gasteiger partial charge in [-0.3, -0.25) is 4.79 Å². The largest absolute Gasteiger partial charge is 0.480 e. The summed E-state index contributed by atoms with van der Waals surface area (Å²) in [6, 6.07) is 11.8. The predicted octanol–water partition coefficient (Wildman–Crippen LogP) is 5.04. The average Bonchev–Trinajstić information content (AvgIpc) is 2.68. The Morgan fingerprint density at radius 3 is 2.62 bits per heavy atom. The maximum atomic E-state index is 12.4. The summed E-state index contributed by atoms with van der Waals surface area (Å²) in [5.74, 6) is -0.715. The Hall–Kier alpha value is -2.83. The second kappa shape index (κ2) is 9.11. The van der Waals surface area contributed by atoms with Crippen molar-refractivity contribution in [1.82, 2.24) is 4.98 Å². The Morgan fingerprint density at radius 1 is 1.10 bits per heavy atom. The maximum Gasteiger partial charge on any atom is 0.340 e. The summed E-state index contributed by atoms with van der Waals surface area (Å²) >= 11 is 12.5. The number of para-hydroxylation sites is 1. The molecule has 0 unspecified atom stereocenters. The quantitative estimate of drug-likeness (QED) is 0.551. The monoisotopic (exact) mass is 432 g/mol. The highest BCUT2D eigenvalue weighted by atomic mass is 35.5. The van der Waals surface area contributed by atoms with Crippen LogP contribution in [0.2, 0.25) is 10.0 Å². The van der Waals surface area contributed by atoms with Crippen LogP contribution in [0.25, 0.3) is 10.9 Å². The first kappa shape index (κ1) is 20.9. The molecule has 8 heteroatoms. The number of ether oxygens (including phenoxy) is 2. The number of carbonyl (C=O) groups is 2. The lowest BCUT2D eigenvalue weighted by atomic mass is 10.2. The maximum absolute atomic E-state index is 12.4. The highest BCUT2D eigenvalue weighted by molar-refractivity contribution is 6.39. The summed E-state index contributed by atoms with van der Waals surface area (Å²) in [4.78, 5) is 28.9. The van der Waals surface area contributed by atoms with Gasteiger partial charge in [0.1, 0.15) is 5.52 Å². The molecule has 29 heavy (non-hydrogen) atoms. The molecule has 0 atom stereocenters. The molecule has 6 nitrogen and oxygen atoms in total.